The van der Waals surface area contributed by atoms with Gasteiger partial charge in [0.1, 0.15) is 33.4 Å². The van der Waals surface area contributed by atoms with Gasteiger partial charge < -0.3 is 21.3 Å². The van der Waals surface area contributed by atoms with Crippen LogP contribution < -0.4 is 11.5 Å². The van der Waals surface area contributed by atoms with Crippen molar-refractivity contribution < 1.29 is 27.6 Å². The van der Waals surface area contributed by atoms with Gasteiger partial charge in [-0.1, -0.05) is 18.2 Å². The van der Waals surface area contributed by atoms with Crippen LogP contribution in [0.25, 0.3) is 0 Å². The fraction of sp³-hybridized carbons (Fsp3) is 0.0952. The van der Waals surface area contributed by atoms with Crippen LogP contribution in [-0.4, -0.2) is 31.2 Å². The van der Waals surface area contributed by atoms with E-state index in [9.17, 15) is 22.9 Å². The van der Waals surface area contributed by atoms with Crippen molar-refractivity contribution in [3.63, 3.8) is 0 Å². The Morgan fingerprint density at radius 1 is 0.912 bits per heavy atom. The number of nitrogens with two attached hydrogens (primary N) is 2. The first kappa shape index (κ1) is 24.3. The van der Waals surface area contributed by atoms with Gasteiger partial charge in [0.05, 0.1) is 24.0 Å². The number of nitrogen functional groups attached to an aromatic ring is 2. The number of carbonyl (C=O) groups excluding carboxylic acids is 1. The van der Waals surface area contributed by atoms with Gasteiger partial charge in [-0.2, -0.15) is 8.42 Å². The molecule has 0 bridgehead atoms. The molecule has 0 spiro atoms. The van der Waals surface area contributed by atoms with Gasteiger partial charge in [0, 0.05) is 0 Å². The van der Waals surface area contributed by atoms with Gasteiger partial charge in [0.25, 0.3) is 10.1 Å². The molecular weight excluding hydrogens is 464 g/mol. The molecule has 13 heteroatoms. The van der Waals surface area contributed by atoms with Crippen molar-refractivity contribution in [2.45, 2.75) is 11.8 Å². The summed E-state index contributed by atoms with van der Waals surface area (Å²) in [4.78, 5) is 11.2. The minimum atomic E-state index is -4.81. The number of rotatable bonds is 6. The molecule has 0 amide bonds. The summed E-state index contributed by atoms with van der Waals surface area (Å²) >= 11 is 0. The zero-order chi connectivity index (χ0) is 25.0. The summed E-state index contributed by atoms with van der Waals surface area (Å²) in [6, 6.07) is 11.6. The number of carbonyl (C=O) groups is 1. The lowest BCUT2D eigenvalue weighted by atomic mass is 10.2. The summed E-state index contributed by atoms with van der Waals surface area (Å²) in [5.41, 5.74) is 11.8. The Labute approximate surface area is 194 Å². The number of anilines is 2. The van der Waals surface area contributed by atoms with Gasteiger partial charge in [-0.15, -0.1) is 20.5 Å². The first-order chi connectivity index (χ1) is 16.0. The van der Waals surface area contributed by atoms with Crippen LogP contribution in [0.2, 0.25) is 0 Å². The van der Waals surface area contributed by atoms with Gasteiger partial charge in [-0.3, -0.25) is 4.55 Å². The first-order valence-electron chi connectivity index (χ1n) is 9.52. The molecular formula is C21H20N6O6S. The topological polar surface area (TPSA) is 202 Å². The van der Waals surface area contributed by atoms with Gasteiger partial charge in [0.2, 0.25) is 0 Å². The highest BCUT2D eigenvalue weighted by atomic mass is 32.2. The second-order valence-corrected chi connectivity index (χ2v) is 8.34. The molecule has 0 atom stereocenters. The highest BCUT2D eigenvalue weighted by Gasteiger charge is 2.22. The molecule has 34 heavy (non-hydrogen) atoms. The van der Waals surface area contributed by atoms with Crippen molar-refractivity contribution in [3.8, 4) is 5.75 Å². The molecule has 0 heterocycles. The number of phenolic OH excluding ortho intramolecular Hbond substituents is 1. The Kier molecular flexibility index (Phi) is 6.89. The van der Waals surface area contributed by atoms with Crippen LogP contribution in [0.3, 0.4) is 0 Å². The fourth-order valence-electron chi connectivity index (χ4n) is 2.84. The molecule has 6 N–H and O–H groups in total. The van der Waals surface area contributed by atoms with E-state index in [0.717, 1.165) is 11.6 Å². The van der Waals surface area contributed by atoms with Crippen molar-refractivity contribution in [2.75, 3.05) is 18.6 Å². The quantitative estimate of drug-likeness (QED) is 0.166. The maximum Gasteiger partial charge on any atom is 0.340 e. The largest absolute Gasteiger partial charge is 0.506 e. The third kappa shape index (κ3) is 5.16. The van der Waals surface area contributed by atoms with Crippen molar-refractivity contribution in [1.29, 1.82) is 0 Å². The van der Waals surface area contributed by atoms with Crippen LogP contribution in [0.1, 0.15) is 15.9 Å². The summed E-state index contributed by atoms with van der Waals surface area (Å²) in [5.74, 6) is -0.845. The Bertz CT molecular complexity index is 1440. The molecule has 3 aromatic carbocycles. The SMILES string of the molecule is COC(=O)c1ccccc1/N=N/c1cc(S(=O)(=O)O)c(N)c(/N=N/c2cc(C)ccc2O)c1N. The van der Waals surface area contributed by atoms with E-state index in [2.05, 4.69) is 20.5 Å². The van der Waals surface area contributed by atoms with Crippen LogP contribution in [-0.2, 0) is 14.9 Å². The highest BCUT2D eigenvalue weighted by Crippen LogP contribution is 2.43. The number of aromatic hydroxyl groups is 1. The number of esters is 1. The first-order valence-corrected chi connectivity index (χ1v) is 11.0. The number of benzene rings is 3. The third-order valence-corrected chi connectivity index (χ3v) is 5.45. The molecule has 3 aromatic rings. The smallest absolute Gasteiger partial charge is 0.340 e. The van der Waals surface area contributed by atoms with Crippen LogP contribution in [0.5, 0.6) is 5.75 Å². The number of phenols is 1. The van der Waals surface area contributed by atoms with Gasteiger partial charge in [0.15, 0.2) is 0 Å². The number of nitrogens with zero attached hydrogens (tertiary/aromatic N) is 4. The lowest BCUT2D eigenvalue weighted by molar-refractivity contribution is 0.0601. The minimum absolute atomic E-state index is 0.0752. The van der Waals surface area contributed by atoms with Crippen molar-refractivity contribution in [2.24, 2.45) is 20.5 Å². The molecule has 0 fully saturated rings. The molecule has 176 valence electrons. The molecule has 0 aromatic heterocycles. The molecule has 0 radical (unpaired) electrons. The fourth-order valence-corrected chi connectivity index (χ4v) is 3.47. The second kappa shape index (κ2) is 9.64. The molecule has 0 unspecified atom stereocenters. The average molecular weight is 484 g/mol. The summed E-state index contributed by atoms with van der Waals surface area (Å²) in [5, 5.41) is 25.6. The molecule has 0 aliphatic heterocycles. The molecule has 0 aliphatic carbocycles. The number of ether oxygens (including phenoxy) is 1. The molecule has 0 aliphatic rings. The van der Waals surface area contributed by atoms with Gasteiger partial charge >= 0.3 is 5.97 Å². The average Bonchev–Trinajstić information content (AvgIpc) is 2.79. The standard InChI is InChI=1S/C21H20N6O6S/c1-11-7-8-16(28)14(9-11)25-27-20-18(22)15(10-17(19(20)23)34(30,31)32)26-24-13-6-4-3-5-12(13)21(29)33-2/h3-10,28H,22-23H2,1-2H3,(H,30,31,32)/b26-24+,27-25+. The maximum atomic E-state index is 11.9. The maximum absolute atomic E-state index is 11.9. The number of azo groups is 2. The Morgan fingerprint density at radius 2 is 1.56 bits per heavy atom. The predicted molar refractivity (Wildman–Crippen MR) is 124 cm³/mol. The number of hydrogen-bond donors (Lipinski definition) is 4. The highest BCUT2D eigenvalue weighted by molar-refractivity contribution is 7.86. The van der Waals surface area contributed by atoms with E-state index >= 15 is 0 Å². The van der Waals surface area contributed by atoms with Crippen molar-refractivity contribution in [3.05, 3.63) is 59.7 Å². The molecule has 3 rings (SSSR count). The van der Waals surface area contributed by atoms with E-state index in [0.29, 0.717) is 0 Å². The Balaban J connectivity index is 2.16. The summed E-state index contributed by atoms with van der Waals surface area (Å²) < 4.78 is 38.1. The van der Waals surface area contributed by atoms with Crippen LogP contribution in [0.4, 0.5) is 34.1 Å². The van der Waals surface area contributed by atoms with Crippen molar-refractivity contribution >= 4 is 50.2 Å². The normalized spacial score (nSPS) is 11.9. The van der Waals surface area contributed by atoms with Crippen LogP contribution in [0, 0.1) is 6.92 Å². The minimum Gasteiger partial charge on any atom is -0.506 e. The van der Waals surface area contributed by atoms with E-state index in [-0.39, 0.29) is 39.7 Å². The van der Waals surface area contributed by atoms with Gasteiger partial charge in [-0.05, 0) is 42.8 Å². The van der Waals surface area contributed by atoms with Gasteiger partial charge in [-0.25, -0.2) is 4.79 Å². The zero-order valence-electron chi connectivity index (χ0n) is 18.0. The summed E-state index contributed by atoms with van der Waals surface area (Å²) in [6.07, 6.45) is 0. The Morgan fingerprint density at radius 3 is 2.24 bits per heavy atom. The molecule has 12 nitrogen and oxygen atoms in total. The summed E-state index contributed by atoms with van der Waals surface area (Å²) in [6.45, 7) is 1.77. The van der Waals surface area contributed by atoms with E-state index in [1.807, 2.05) is 0 Å². The lowest BCUT2D eigenvalue weighted by Gasteiger charge is -2.10. The summed E-state index contributed by atoms with van der Waals surface area (Å²) in [7, 11) is -3.60. The van der Waals surface area contributed by atoms with Crippen LogP contribution >= 0.6 is 0 Å². The second-order valence-electron chi connectivity index (χ2n) is 6.95. The van der Waals surface area contributed by atoms with Crippen LogP contribution in [0.15, 0.2) is 73.9 Å². The van der Waals surface area contributed by atoms with Crippen molar-refractivity contribution in [1.82, 2.24) is 0 Å². The van der Waals surface area contributed by atoms with E-state index in [1.165, 1.54) is 31.4 Å². The number of hydrogen-bond acceptors (Lipinski definition) is 11. The zero-order valence-corrected chi connectivity index (χ0v) is 18.8. The Hall–Kier alpha value is -4.36. The monoisotopic (exact) mass is 484 g/mol. The van der Waals surface area contributed by atoms with E-state index in [4.69, 9.17) is 16.2 Å². The third-order valence-electron chi connectivity index (χ3n) is 4.56. The van der Waals surface area contributed by atoms with E-state index in [1.54, 1.807) is 25.1 Å². The van der Waals surface area contributed by atoms with E-state index < -0.39 is 26.7 Å². The molecule has 0 saturated heterocycles. The number of aryl methyl sites for hydroxylation is 1. The number of methoxy groups -OCH3 is 1. The molecule has 0 saturated carbocycles. The predicted octanol–water partition coefficient (Wildman–Crippen LogP) is 4.73. The lowest BCUT2D eigenvalue weighted by Crippen LogP contribution is -2.05.